The smallest absolute Gasteiger partial charge is 0.213 e. The van der Waals surface area contributed by atoms with Crippen molar-refractivity contribution in [3.05, 3.63) is 93.7 Å². The number of fused-ring (bicyclic) bond motifs is 3. The Bertz CT molecular complexity index is 1020. The van der Waals surface area contributed by atoms with E-state index in [1.807, 2.05) is 24.3 Å². The SMILES string of the molecule is Cc1ccc(C2=NN3C(C2)c2cc(Br)ccc2OC3c2ccncc2)cc1. The van der Waals surface area contributed by atoms with Gasteiger partial charge >= 0.3 is 0 Å². The minimum Gasteiger partial charge on any atom is -0.464 e. The third kappa shape index (κ3) is 2.92. The summed E-state index contributed by atoms with van der Waals surface area (Å²) in [6.45, 7) is 2.10. The Hall–Kier alpha value is -2.66. The number of aromatic nitrogens is 1. The van der Waals surface area contributed by atoms with Crippen LogP contribution in [0.1, 0.15) is 40.9 Å². The van der Waals surface area contributed by atoms with Crippen molar-refractivity contribution in [2.75, 3.05) is 0 Å². The Morgan fingerprint density at radius 1 is 1.04 bits per heavy atom. The Kier molecular flexibility index (Phi) is 3.97. The van der Waals surface area contributed by atoms with Gasteiger partial charge < -0.3 is 4.74 Å². The van der Waals surface area contributed by atoms with Crippen LogP contribution in [0.4, 0.5) is 0 Å². The average Bonchev–Trinajstić information content (AvgIpc) is 3.14. The number of hydrogen-bond acceptors (Lipinski definition) is 4. The van der Waals surface area contributed by atoms with E-state index in [0.717, 1.165) is 27.9 Å². The molecular weight excluding hydrogens is 402 g/mol. The van der Waals surface area contributed by atoms with Gasteiger partial charge in [-0.05, 0) is 42.8 Å². The first-order valence-electron chi connectivity index (χ1n) is 8.98. The van der Waals surface area contributed by atoms with Crippen LogP contribution in [0.5, 0.6) is 5.75 Å². The fourth-order valence-electron chi connectivity index (χ4n) is 3.73. The lowest BCUT2D eigenvalue weighted by Gasteiger charge is -2.38. The van der Waals surface area contributed by atoms with Crippen LogP contribution < -0.4 is 4.74 Å². The van der Waals surface area contributed by atoms with E-state index >= 15 is 0 Å². The summed E-state index contributed by atoms with van der Waals surface area (Å²) < 4.78 is 7.41. The number of hydrazone groups is 1. The second-order valence-corrected chi connectivity index (χ2v) is 7.86. The maximum atomic E-state index is 6.36. The number of hydrogen-bond donors (Lipinski definition) is 0. The molecule has 5 rings (SSSR count). The molecule has 2 aromatic carbocycles. The van der Waals surface area contributed by atoms with Gasteiger partial charge in [0.1, 0.15) is 5.75 Å². The van der Waals surface area contributed by atoms with E-state index in [9.17, 15) is 0 Å². The van der Waals surface area contributed by atoms with Gasteiger partial charge in [-0.15, -0.1) is 0 Å². The number of rotatable bonds is 2. The second kappa shape index (κ2) is 6.50. The molecule has 1 aromatic heterocycles. The van der Waals surface area contributed by atoms with Crippen LogP contribution in [0, 0.1) is 6.92 Å². The molecule has 0 saturated carbocycles. The second-order valence-electron chi connectivity index (χ2n) is 6.95. The Morgan fingerprint density at radius 3 is 2.59 bits per heavy atom. The van der Waals surface area contributed by atoms with Gasteiger partial charge in [-0.3, -0.25) is 4.98 Å². The van der Waals surface area contributed by atoms with Crippen molar-refractivity contribution in [1.82, 2.24) is 9.99 Å². The quantitative estimate of drug-likeness (QED) is 0.558. The number of halogens is 1. The van der Waals surface area contributed by atoms with Crippen molar-refractivity contribution in [1.29, 1.82) is 0 Å². The molecular formula is C22H18BrN3O. The fraction of sp³-hybridized carbons (Fsp3) is 0.182. The van der Waals surface area contributed by atoms with Gasteiger partial charge in [0, 0.05) is 34.4 Å². The summed E-state index contributed by atoms with van der Waals surface area (Å²) in [5, 5.41) is 7.08. The van der Waals surface area contributed by atoms with Crippen LogP contribution in [0.25, 0.3) is 0 Å². The first-order chi connectivity index (χ1) is 13.2. The molecule has 2 unspecified atom stereocenters. The molecule has 27 heavy (non-hydrogen) atoms. The third-order valence-corrected chi connectivity index (χ3v) is 5.62. The zero-order valence-electron chi connectivity index (χ0n) is 14.8. The summed E-state index contributed by atoms with van der Waals surface area (Å²) in [6, 6.07) is 18.9. The van der Waals surface area contributed by atoms with E-state index in [4.69, 9.17) is 9.84 Å². The van der Waals surface area contributed by atoms with Gasteiger partial charge in [-0.25, -0.2) is 5.01 Å². The first-order valence-corrected chi connectivity index (χ1v) is 9.77. The molecule has 0 saturated heterocycles. The van der Waals surface area contributed by atoms with Crippen molar-refractivity contribution in [2.24, 2.45) is 5.10 Å². The van der Waals surface area contributed by atoms with Crippen molar-refractivity contribution >= 4 is 21.6 Å². The normalized spacial score (nSPS) is 20.5. The van der Waals surface area contributed by atoms with Gasteiger partial charge in [0.05, 0.1) is 11.8 Å². The molecule has 4 nitrogen and oxygen atoms in total. The third-order valence-electron chi connectivity index (χ3n) is 5.13. The molecule has 0 N–H and O–H groups in total. The van der Waals surface area contributed by atoms with Crippen LogP contribution in [0.15, 0.2) is 76.6 Å². The monoisotopic (exact) mass is 419 g/mol. The van der Waals surface area contributed by atoms with Crippen molar-refractivity contribution < 1.29 is 4.74 Å². The van der Waals surface area contributed by atoms with E-state index in [1.165, 1.54) is 16.7 Å². The Balaban J connectivity index is 1.60. The number of nitrogens with zero attached hydrogens (tertiary/aromatic N) is 3. The molecule has 2 atom stereocenters. The molecule has 2 aliphatic rings. The summed E-state index contributed by atoms with van der Waals surface area (Å²) in [6.07, 6.45) is 4.20. The average molecular weight is 420 g/mol. The molecule has 0 fully saturated rings. The molecule has 3 aromatic rings. The van der Waals surface area contributed by atoms with Crippen LogP contribution >= 0.6 is 15.9 Å². The zero-order valence-corrected chi connectivity index (χ0v) is 16.4. The summed E-state index contributed by atoms with van der Waals surface area (Å²) in [5.41, 5.74) is 5.73. The molecule has 0 aliphatic carbocycles. The van der Waals surface area contributed by atoms with E-state index in [1.54, 1.807) is 12.4 Å². The van der Waals surface area contributed by atoms with Crippen LogP contribution in [-0.4, -0.2) is 15.7 Å². The lowest BCUT2D eigenvalue weighted by Crippen LogP contribution is -2.33. The summed E-state index contributed by atoms with van der Waals surface area (Å²) in [7, 11) is 0. The summed E-state index contributed by atoms with van der Waals surface area (Å²) >= 11 is 3.60. The van der Waals surface area contributed by atoms with Gasteiger partial charge in [0.25, 0.3) is 0 Å². The molecule has 0 bridgehead atoms. The Labute approximate surface area is 166 Å². The molecule has 0 spiro atoms. The number of aryl methyl sites for hydroxylation is 1. The number of ether oxygens (including phenoxy) is 1. The summed E-state index contributed by atoms with van der Waals surface area (Å²) in [5.74, 6) is 0.918. The number of pyridine rings is 1. The predicted molar refractivity (Wildman–Crippen MR) is 109 cm³/mol. The van der Waals surface area contributed by atoms with Crippen LogP contribution in [0.3, 0.4) is 0 Å². The van der Waals surface area contributed by atoms with E-state index < -0.39 is 0 Å². The predicted octanol–water partition coefficient (Wildman–Crippen LogP) is 5.39. The molecule has 5 heteroatoms. The van der Waals surface area contributed by atoms with Crippen LogP contribution in [-0.2, 0) is 0 Å². The number of benzene rings is 2. The van der Waals surface area contributed by atoms with Gasteiger partial charge in [0.2, 0.25) is 6.23 Å². The summed E-state index contributed by atoms with van der Waals surface area (Å²) in [4.78, 5) is 4.14. The topological polar surface area (TPSA) is 37.7 Å². The molecule has 3 heterocycles. The fourth-order valence-corrected chi connectivity index (χ4v) is 4.11. The molecule has 0 radical (unpaired) electrons. The van der Waals surface area contributed by atoms with Crippen molar-refractivity contribution in [2.45, 2.75) is 25.6 Å². The van der Waals surface area contributed by atoms with Crippen molar-refractivity contribution in [3.63, 3.8) is 0 Å². The van der Waals surface area contributed by atoms with E-state index in [-0.39, 0.29) is 12.3 Å². The Morgan fingerprint density at radius 2 is 1.81 bits per heavy atom. The van der Waals surface area contributed by atoms with Gasteiger partial charge in [-0.1, -0.05) is 45.8 Å². The minimum atomic E-state index is -0.255. The highest BCUT2D eigenvalue weighted by Crippen LogP contribution is 2.48. The highest BCUT2D eigenvalue weighted by Gasteiger charge is 2.41. The van der Waals surface area contributed by atoms with Gasteiger partial charge in [0.15, 0.2) is 0 Å². The highest BCUT2D eigenvalue weighted by molar-refractivity contribution is 9.10. The zero-order chi connectivity index (χ0) is 18.4. The maximum absolute atomic E-state index is 6.36. The molecule has 2 aliphatic heterocycles. The van der Waals surface area contributed by atoms with Crippen molar-refractivity contribution in [3.8, 4) is 5.75 Å². The van der Waals surface area contributed by atoms with Gasteiger partial charge in [-0.2, -0.15) is 5.10 Å². The first kappa shape index (κ1) is 16.5. The molecule has 134 valence electrons. The van der Waals surface area contributed by atoms with Crippen LogP contribution in [0.2, 0.25) is 0 Å². The van der Waals surface area contributed by atoms with E-state index in [0.29, 0.717) is 0 Å². The lowest BCUT2D eigenvalue weighted by atomic mass is 9.96. The standard InChI is InChI=1S/C22H18BrN3O/c1-14-2-4-15(5-3-14)19-13-20-18-12-17(23)6-7-21(18)27-22(26(20)25-19)16-8-10-24-11-9-16/h2-12,20,22H,13H2,1H3. The maximum Gasteiger partial charge on any atom is 0.213 e. The lowest BCUT2D eigenvalue weighted by molar-refractivity contribution is -0.0191. The van der Waals surface area contributed by atoms with E-state index in [2.05, 4.69) is 63.2 Å². The molecule has 0 amide bonds. The highest BCUT2D eigenvalue weighted by atomic mass is 79.9. The minimum absolute atomic E-state index is 0.153. The largest absolute Gasteiger partial charge is 0.464 e.